The summed E-state index contributed by atoms with van der Waals surface area (Å²) >= 11 is 1.36. The van der Waals surface area contributed by atoms with Gasteiger partial charge in [-0.1, -0.05) is 11.3 Å². The highest BCUT2D eigenvalue weighted by Gasteiger charge is 2.34. The molecule has 160 valence electrons. The molecule has 1 aromatic carbocycles. The summed E-state index contributed by atoms with van der Waals surface area (Å²) in [6, 6.07) is 5.52. The molecule has 1 fully saturated rings. The first kappa shape index (κ1) is 20.8. The molecule has 1 amide bonds. The van der Waals surface area contributed by atoms with Gasteiger partial charge in [0.1, 0.15) is 5.75 Å². The number of carbonyl (C=O) groups is 1. The van der Waals surface area contributed by atoms with Crippen LogP contribution in [0.3, 0.4) is 0 Å². The van der Waals surface area contributed by atoms with Crippen LogP contribution in [0.4, 0.5) is 5.13 Å². The number of imidazole rings is 1. The average Bonchev–Trinajstić information content (AvgIpc) is 3.40. The third-order valence-electron chi connectivity index (χ3n) is 5.16. The summed E-state index contributed by atoms with van der Waals surface area (Å²) in [4.78, 5) is 21.3. The van der Waals surface area contributed by atoms with E-state index in [2.05, 4.69) is 15.3 Å². The molecule has 11 heteroatoms. The van der Waals surface area contributed by atoms with E-state index in [0.717, 1.165) is 16.0 Å². The predicted octanol–water partition coefficient (Wildman–Crippen LogP) is 2.56. The Morgan fingerprint density at radius 2 is 2.23 bits per heavy atom. The van der Waals surface area contributed by atoms with E-state index in [4.69, 9.17) is 4.74 Å². The van der Waals surface area contributed by atoms with Gasteiger partial charge in [-0.15, -0.1) is 0 Å². The van der Waals surface area contributed by atoms with E-state index in [1.807, 2.05) is 25.1 Å². The number of amides is 1. The second-order valence-corrected chi connectivity index (χ2v) is 10.0. The summed E-state index contributed by atoms with van der Waals surface area (Å²) in [6.45, 7) is 3.07. The number of ether oxygens (including phenoxy) is 1. The maximum Gasteiger partial charge on any atom is 0.262 e. The lowest BCUT2D eigenvalue weighted by Gasteiger charge is -2.30. The molecule has 1 saturated heterocycles. The van der Waals surface area contributed by atoms with Gasteiger partial charge in [-0.25, -0.2) is 18.4 Å². The van der Waals surface area contributed by atoms with E-state index in [1.165, 1.54) is 28.2 Å². The van der Waals surface area contributed by atoms with Crippen LogP contribution in [0.25, 0.3) is 10.2 Å². The number of fused-ring (bicyclic) bond motifs is 1. The molecule has 2 aromatic heterocycles. The largest absolute Gasteiger partial charge is 0.497 e. The van der Waals surface area contributed by atoms with Crippen molar-refractivity contribution >= 4 is 42.6 Å². The number of anilines is 1. The van der Waals surface area contributed by atoms with E-state index >= 15 is 0 Å². The Kier molecular flexibility index (Phi) is 5.76. The van der Waals surface area contributed by atoms with Gasteiger partial charge in [0.15, 0.2) is 10.2 Å². The summed E-state index contributed by atoms with van der Waals surface area (Å²) in [5.41, 5.74) is 0.774. The van der Waals surface area contributed by atoms with Crippen molar-refractivity contribution in [3.8, 4) is 5.75 Å². The van der Waals surface area contributed by atoms with Gasteiger partial charge in [-0.2, -0.15) is 4.31 Å². The Balaban J connectivity index is 1.47. The number of thiazole rings is 1. The smallest absolute Gasteiger partial charge is 0.262 e. The molecule has 1 aliphatic heterocycles. The number of carbonyl (C=O) groups excluding carboxylic acids is 1. The van der Waals surface area contributed by atoms with Crippen molar-refractivity contribution in [1.82, 2.24) is 18.8 Å². The summed E-state index contributed by atoms with van der Waals surface area (Å²) in [5.74, 6) is 0.0611. The van der Waals surface area contributed by atoms with Crippen LogP contribution in [0.5, 0.6) is 5.75 Å². The maximum absolute atomic E-state index is 12.9. The number of benzene rings is 1. The zero-order valence-electron chi connectivity index (χ0n) is 16.7. The lowest BCUT2D eigenvalue weighted by atomic mass is 9.99. The van der Waals surface area contributed by atoms with Crippen molar-refractivity contribution in [2.24, 2.45) is 5.92 Å². The number of rotatable bonds is 6. The number of nitrogens with zero attached hydrogens (tertiary/aromatic N) is 4. The minimum absolute atomic E-state index is 0.0190. The molecule has 0 aliphatic carbocycles. The van der Waals surface area contributed by atoms with Crippen LogP contribution in [-0.2, 0) is 21.4 Å². The Bertz CT molecular complexity index is 1170. The van der Waals surface area contributed by atoms with Crippen LogP contribution in [0, 0.1) is 5.92 Å². The second kappa shape index (κ2) is 8.32. The number of hydrogen-bond acceptors (Lipinski definition) is 7. The van der Waals surface area contributed by atoms with E-state index in [0.29, 0.717) is 31.1 Å². The second-order valence-electron chi connectivity index (χ2n) is 7.09. The number of methoxy groups -OCH3 is 1. The lowest BCUT2D eigenvalue weighted by Crippen LogP contribution is -2.43. The highest BCUT2D eigenvalue weighted by atomic mass is 32.2. The fourth-order valence-electron chi connectivity index (χ4n) is 3.45. The fourth-order valence-corrected chi connectivity index (χ4v) is 5.80. The third kappa shape index (κ3) is 4.05. The third-order valence-corrected chi connectivity index (χ3v) is 7.84. The first-order valence-corrected chi connectivity index (χ1v) is 11.9. The predicted molar refractivity (Wildman–Crippen MR) is 114 cm³/mol. The molecule has 3 aromatic rings. The number of hydrogen-bond donors (Lipinski definition) is 1. The van der Waals surface area contributed by atoms with Crippen LogP contribution in [0.15, 0.2) is 35.7 Å². The molecule has 0 spiro atoms. The molecule has 3 heterocycles. The number of aromatic nitrogens is 3. The fraction of sp³-hybridized carbons (Fsp3) is 0.421. The van der Waals surface area contributed by atoms with Crippen LogP contribution >= 0.6 is 11.3 Å². The SMILES string of the molecule is CCn1cnc(S(=O)(=O)N2CCC[C@@H](C(=O)Nc3nc4ccc(OC)cc4s3)C2)c1. The Labute approximate surface area is 178 Å². The molecule has 1 atom stereocenters. The van der Waals surface area contributed by atoms with Gasteiger partial charge in [-0.3, -0.25) is 4.79 Å². The van der Waals surface area contributed by atoms with Gasteiger partial charge in [0.2, 0.25) is 5.91 Å². The molecule has 0 bridgehead atoms. The van der Waals surface area contributed by atoms with Gasteiger partial charge in [-0.05, 0) is 38.0 Å². The topological polar surface area (TPSA) is 106 Å². The maximum atomic E-state index is 12.9. The van der Waals surface area contributed by atoms with E-state index in [1.54, 1.807) is 11.7 Å². The van der Waals surface area contributed by atoms with Crippen LogP contribution in [-0.4, -0.2) is 53.4 Å². The molecule has 1 aliphatic rings. The van der Waals surface area contributed by atoms with Crippen LogP contribution < -0.4 is 10.1 Å². The summed E-state index contributed by atoms with van der Waals surface area (Å²) < 4.78 is 35.0. The molecule has 0 unspecified atom stereocenters. The average molecular weight is 450 g/mol. The summed E-state index contributed by atoms with van der Waals surface area (Å²) in [6.07, 6.45) is 4.26. The lowest BCUT2D eigenvalue weighted by molar-refractivity contribution is -0.120. The normalized spacial score (nSPS) is 17.9. The number of aryl methyl sites for hydroxylation is 1. The van der Waals surface area contributed by atoms with Crippen molar-refractivity contribution in [2.75, 3.05) is 25.5 Å². The molecule has 1 N–H and O–H groups in total. The van der Waals surface area contributed by atoms with Gasteiger partial charge in [0.05, 0.1) is 29.6 Å². The highest BCUT2D eigenvalue weighted by Crippen LogP contribution is 2.30. The van der Waals surface area contributed by atoms with Gasteiger partial charge in [0.25, 0.3) is 10.0 Å². The van der Waals surface area contributed by atoms with Crippen molar-refractivity contribution in [3.05, 3.63) is 30.7 Å². The van der Waals surface area contributed by atoms with Crippen molar-refractivity contribution in [1.29, 1.82) is 0 Å². The molecule has 4 rings (SSSR count). The summed E-state index contributed by atoms with van der Waals surface area (Å²) in [5, 5.41) is 3.36. The molecule has 30 heavy (non-hydrogen) atoms. The quantitative estimate of drug-likeness (QED) is 0.620. The van der Waals surface area contributed by atoms with Gasteiger partial charge < -0.3 is 14.6 Å². The number of piperidine rings is 1. The van der Waals surface area contributed by atoms with Crippen LogP contribution in [0.1, 0.15) is 19.8 Å². The van der Waals surface area contributed by atoms with E-state index < -0.39 is 15.9 Å². The highest BCUT2D eigenvalue weighted by molar-refractivity contribution is 7.89. The first-order chi connectivity index (χ1) is 14.4. The monoisotopic (exact) mass is 449 g/mol. The Hall–Kier alpha value is -2.50. The summed E-state index contributed by atoms with van der Waals surface area (Å²) in [7, 11) is -2.13. The Morgan fingerprint density at radius 3 is 2.97 bits per heavy atom. The van der Waals surface area contributed by atoms with E-state index in [9.17, 15) is 13.2 Å². The van der Waals surface area contributed by atoms with E-state index in [-0.39, 0.29) is 17.5 Å². The van der Waals surface area contributed by atoms with Gasteiger partial charge >= 0.3 is 0 Å². The minimum atomic E-state index is -3.72. The first-order valence-electron chi connectivity index (χ1n) is 9.68. The standard InChI is InChI=1S/C19H23N5O4S2/c1-3-23-11-17(20-12-23)30(26,27)24-8-4-5-13(10-24)18(25)22-19-21-15-7-6-14(28-2)9-16(15)29-19/h6-7,9,11-13H,3-5,8,10H2,1-2H3,(H,21,22,25)/t13-/m1/s1. The zero-order chi connectivity index (χ0) is 21.3. The molecule has 0 saturated carbocycles. The molecule has 0 radical (unpaired) electrons. The van der Waals surface area contributed by atoms with Crippen molar-refractivity contribution in [2.45, 2.75) is 31.3 Å². The van der Waals surface area contributed by atoms with Crippen molar-refractivity contribution in [3.63, 3.8) is 0 Å². The minimum Gasteiger partial charge on any atom is -0.497 e. The molecule has 9 nitrogen and oxygen atoms in total. The van der Waals surface area contributed by atoms with Gasteiger partial charge in [0, 0.05) is 25.8 Å². The number of sulfonamides is 1. The zero-order valence-corrected chi connectivity index (χ0v) is 18.4. The Morgan fingerprint density at radius 1 is 1.40 bits per heavy atom. The number of nitrogens with one attached hydrogen (secondary N) is 1. The van der Waals surface area contributed by atoms with Crippen molar-refractivity contribution < 1.29 is 17.9 Å². The molecular weight excluding hydrogens is 426 g/mol. The molecular formula is C19H23N5O4S2. The van der Waals surface area contributed by atoms with Crippen LogP contribution in [0.2, 0.25) is 0 Å².